The minimum atomic E-state index is -1.98. The van der Waals surface area contributed by atoms with Gasteiger partial charge in [0.15, 0.2) is 0 Å². The first-order chi connectivity index (χ1) is 9.82. The average molecular weight is 344 g/mol. The Balaban J connectivity index is 2.27. The van der Waals surface area contributed by atoms with Crippen molar-refractivity contribution >= 4 is 36.9 Å². The zero-order valence-electron chi connectivity index (χ0n) is 10.6. The summed E-state index contributed by atoms with van der Waals surface area (Å²) in [6.45, 7) is 0. The van der Waals surface area contributed by atoms with Crippen LogP contribution in [0.5, 0.6) is 0 Å². The number of nitrogens with zero attached hydrogens (tertiary/aromatic N) is 3. The summed E-state index contributed by atoms with van der Waals surface area (Å²) in [5.41, 5.74) is 1.01. The van der Waals surface area contributed by atoms with E-state index >= 15 is 0 Å². The van der Waals surface area contributed by atoms with Crippen molar-refractivity contribution in [3.8, 4) is 0 Å². The molecule has 0 aromatic carbocycles. The number of hydrogen-bond acceptors (Lipinski definition) is 3. The minimum absolute atomic E-state index is 0.998. The molecule has 0 unspecified atom stereocenters. The Morgan fingerprint density at radius 3 is 1.20 bits per heavy atom. The number of rotatable bonds is 3. The van der Waals surface area contributed by atoms with Crippen molar-refractivity contribution in [3.63, 3.8) is 0 Å². The van der Waals surface area contributed by atoms with Crippen molar-refractivity contribution in [2.24, 2.45) is 0 Å². The van der Waals surface area contributed by atoms with Crippen molar-refractivity contribution in [1.82, 2.24) is 15.0 Å². The molecule has 20 heavy (non-hydrogen) atoms. The van der Waals surface area contributed by atoms with Gasteiger partial charge < -0.3 is 0 Å². The summed E-state index contributed by atoms with van der Waals surface area (Å²) in [5.74, 6) is 0. The van der Waals surface area contributed by atoms with Crippen LogP contribution in [-0.2, 0) is 0 Å². The zero-order chi connectivity index (χ0) is 13.8. The molecule has 0 N–H and O–H groups in total. The van der Waals surface area contributed by atoms with Crippen molar-refractivity contribution < 1.29 is 0 Å². The molecular formula is C15H12N3PSe. The van der Waals surface area contributed by atoms with Crippen LogP contribution in [0.4, 0.5) is 0 Å². The van der Waals surface area contributed by atoms with Gasteiger partial charge in [0.1, 0.15) is 0 Å². The fourth-order valence-electron chi connectivity index (χ4n) is 1.97. The third-order valence-corrected chi connectivity index (χ3v) is 9.18. The molecule has 3 heterocycles. The van der Waals surface area contributed by atoms with E-state index in [1.165, 1.54) is 0 Å². The molecular weight excluding hydrogens is 332 g/mol. The van der Waals surface area contributed by atoms with Crippen LogP contribution in [-0.4, -0.2) is 30.0 Å². The van der Waals surface area contributed by atoms with Crippen LogP contribution in [0.25, 0.3) is 0 Å². The Labute approximate surface area is 125 Å². The fourth-order valence-corrected chi connectivity index (χ4v) is 6.29. The first-order valence-corrected chi connectivity index (χ1v) is 10.2. The van der Waals surface area contributed by atoms with Crippen molar-refractivity contribution in [1.29, 1.82) is 0 Å². The van der Waals surface area contributed by atoms with Crippen molar-refractivity contribution in [3.05, 3.63) is 73.2 Å². The Morgan fingerprint density at radius 1 is 0.600 bits per heavy atom. The Hall–Kier alpha value is -1.60. The van der Waals surface area contributed by atoms with Gasteiger partial charge in [0.05, 0.1) is 0 Å². The van der Waals surface area contributed by atoms with Gasteiger partial charge in [-0.3, -0.25) is 0 Å². The van der Waals surface area contributed by atoms with Gasteiger partial charge in [0.25, 0.3) is 0 Å². The van der Waals surface area contributed by atoms with Crippen LogP contribution in [0.1, 0.15) is 0 Å². The predicted octanol–water partition coefficient (Wildman–Crippen LogP) is 1.25. The third-order valence-electron chi connectivity index (χ3n) is 2.92. The number of aromatic nitrogens is 3. The predicted molar refractivity (Wildman–Crippen MR) is 84.3 cm³/mol. The van der Waals surface area contributed by atoms with Crippen LogP contribution >= 0.6 is 5.51 Å². The summed E-state index contributed by atoms with van der Waals surface area (Å²) in [6, 6.07) is 17.9. The van der Waals surface area contributed by atoms with Gasteiger partial charge in [-0.2, -0.15) is 0 Å². The Bertz CT molecular complexity index is 629. The van der Waals surface area contributed by atoms with E-state index < -0.39 is 5.51 Å². The molecule has 0 saturated heterocycles. The zero-order valence-corrected chi connectivity index (χ0v) is 13.2. The van der Waals surface area contributed by atoms with E-state index in [9.17, 15) is 0 Å². The average Bonchev–Trinajstić information content (AvgIpc) is 2.56. The molecule has 0 spiro atoms. The summed E-state index contributed by atoms with van der Waals surface area (Å²) >= 11 is 3.36. The second kappa shape index (κ2) is 5.80. The van der Waals surface area contributed by atoms with Crippen molar-refractivity contribution in [2.45, 2.75) is 0 Å². The SMILES string of the molecule is [Se]=P(c1ccccn1)(c1ccccn1)c1ccccn1. The van der Waals surface area contributed by atoms with Crippen LogP contribution in [0.15, 0.2) is 73.2 Å². The van der Waals surface area contributed by atoms with Gasteiger partial charge >= 0.3 is 125 Å². The molecule has 0 atom stereocenters. The summed E-state index contributed by atoms with van der Waals surface area (Å²) in [5, 5.41) is 0. The second-order valence-corrected chi connectivity index (χ2v) is 10.2. The molecule has 98 valence electrons. The molecule has 3 aromatic heterocycles. The number of hydrogen-bond donors (Lipinski definition) is 0. The van der Waals surface area contributed by atoms with E-state index in [4.69, 9.17) is 0 Å². The van der Waals surface area contributed by atoms with Gasteiger partial charge in [-0.1, -0.05) is 0 Å². The van der Waals surface area contributed by atoms with Crippen LogP contribution in [0, 0.1) is 0 Å². The third kappa shape index (κ3) is 2.38. The van der Waals surface area contributed by atoms with E-state index in [-0.39, 0.29) is 0 Å². The molecule has 0 fully saturated rings. The molecule has 0 bridgehead atoms. The molecule has 0 aliphatic rings. The quantitative estimate of drug-likeness (QED) is 0.530. The summed E-state index contributed by atoms with van der Waals surface area (Å²) in [7, 11) is 0. The molecule has 3 rings (SSSR count). The molecule has 3 nitrogen and oxygen atoms in total. The fraction of sp³-hybridized carbons (Fsp3) is 0. The summed E-state index contributed by atoms with van der Waals surface area (Å²) in [4.78, 5) is 13.6. The van der Waals surface area contributed by atoms with E-state index in [1.807, 2.05) is 73.2 Å². The second-order valence-electron chi connectivity index (χ2n) is 4.17. The van der Waals surface area contributed by atoms with Gasteiger partial charge in [0, 0.05) is 0 Å². The molecule has 0 saturated carbocycles. The van der Waals surface area contributed by atoms with Gasteiger partial charge in [0.2, 0.25) is 0 Å². The normalized spacial score (nSPS) is 11.2. The van der Waals surface area contributed by atoms with Crippen LogP contribution < -0.4 is 16.3 Å². The number of pyridine rings is 3. The first kappa shape index (κ1) is 13.4. The van der Waals surface area contributed by atoms with E-state index in [2.05, 4.69) is 30.0 Å². The first-order valence-electron chi connectivity index (χ1n) is 6.16. The molecule has 3 aromatic rings. The topological polar surface area (TPSA) is 38.7 Å². The molecule has 0 aliphatic heterocycles. The van der Waals surface area contributed by atoms with Crippen LogP contribution in [0.3, 0.4) is 0 Å². The molecule has 0 aliphatic carbocycles. The maximum atomic E-state index is 4.54. The van der Waals surface area contributed by atoms with Gasteiger partial charge in [-0.25, -0.2) is 0 Å². The standard InChI is InChI=1S/C15H12N3PSe/c20-19(13-7-1-4-10-16-13,14-8-2-5-11-17-14)15-9-3-6-12-18-15/h1-12H. The monoisotopic (exact) mass is 345 g/mol. The van der Waals surface area contributed by atoms with E-state index in [1.54, 1.807) is 0 Å². The van der Waals surface area contributed by atoms with Crippen molar-refractivity contribution in [2.75, 3.05) is 0 Å². The van der Waals surface area contributed by atoms with Gasteiger partial charge in [-0.05, 0) is 0 Å². The Morgan fingerprint density at radius 2 is 0.950 bits per heavy atom. The summed E-state index contributed by atoms with van der Waals surface area (Å²) in [6.07, 6.45) is 5.44. The van der Waals surface area contributed by atoms with E-state index in [0.717, 1.165) is 16.3 Å². The van der Waals surface area contributed by atoms with Crippen LogP contribution in [0.2, 0.25) is 0 Å². The van der Waals surface area contributed by atoms with E-state index in [0.29, 0.717) is 0 Å². The summed E-state index contributed by atoms with van der Waals surface area (Å²) < 4.78 is 0. The maximum absolute atomic E-state index is 4.54. The van der Waals surface area contributed by atoms with Gasteiger partial charge in [-0.15, -0.1) is 0 Å². The molecule has 0 amide bonds. The molecule has 5 heteroatoms. The molecule has 0 radical (unpaired) electrons. The Kier molecular flexibility index (Phi) is 3.88.